The quantitative estimate of drug-likeness (QED) is 0.409. The normalized spacial score (nSPS) is 15.4. The molecule has 1 aliphatic rings. The van der Waals surface area contributed by atoms with Crippen LogP contribution in [-0.2, 0) is 21.4 Å². The average Bonchev–Trinajstić information content (AvgIpc) is 3.14. The van der Waals surface area contributed by atoms with Gasteiger partial charge < -0.3 is 9.47 Å². The molecule has 1 amide bonds. The second-order valence-corrected chi connectivity index (χ2v) is 10.5. The molecule has 4 aromatic rings. The zero-order valence-corrected chi connectivity index (χ0v) is 19.7. The van der Waals surface area contributed by atoms with Crippen LogP contribution in [-0.4, -0.2) is 54.3 Å². The van der Waals surface area contributed by atoms with Crippen LogP contribution in [0.3, 0.4) is 0 Å². The minimum Gasteiger partial charge on any atom is -0.340 e. The Hall–Kier alpha value is -3.56. The molecule has 3 aromatic carbocycles. The molecule has 180 valence electrons. The van der Waals surface area contributed by atoms with E-state index in [1.807, 2.05) is 28.8 Å². The fraction of sp³-hybridized carbons (Fsp3) is 0.231. The molecule has 1 aromatic heterocycles. The number of rotatable bonds is 4. The van der Waals surface area contributed by atoms with Gasteiger partial charge in [0.1, 0.15) is 12.4 Å². The number of aromatic nitrogens is 1. The van der Waals surface area contributed by atoms with Gasteiger partial charge in [-0.15, -0.1) is 0 Å². The van der Waals surface area contributed by atoms with Crippen molar-refractivity contribution in [1.82, 2.24) is 13.8 Å². The Kier molecular flexibility index (Phi) is 6.12. The molecule has 0 N–H and O–H groups in total. The van der Waals surface area contributed by atoms with E-state index in [-0.39, 0.29) is 42.4 Å². The lowest BCUT2D eigenvalue weighted by Gasteiger charge is -2.23. The van der Waals surface area contributed by atoms with Crippen molar-refractivity contribution in [2.24, 2.45) is 0 Å². The Morgan fingerprint density at radius 1 is 0.800 bits per heavy atom. The van der Waals surface area contributed by atoms with Gasteiger partial charge in [-0.1, -0.05) is 24.3 Å². The van der Waals surface area contributed by atoms with Crippen LogP contribution in [0.4, 0.5) is 4.39 Å². The van der Waals surface area contributed by atoms with Crippen LogP contribution in [0, 0.1) is 5.82 Å². The summed E-state index contributed by atoms with van der Waals surface area (Å²) in [7, 11) is -3.78. The van der Waals surface area contributed by atoms with Crippen molar-refractivity contribution in [2.45, 2.75) is 17.9 Å². The molecule has 0 atom stereocenters. The minimum absolute atomic E-state index is 0.0323. The lowest BCUT2D eigenvalue weighted by Crippen LogP contribution is -2.38. The third kappa shape index (κ3) is 4.33. The number of sulfonamides is 1. The van der Waals surface area contributed by atoms with Gasteiger partial charge in [0.15, 0.2) is 5.43 Å². The van der Waals surface area contributed by atoms with E-state index < -0.39 is 15.8 Å². The van der Waals surface area contributed by atoms with Gasteiger partial charge >= 0.3 is 0 Å². The van der Waals surface area contributed by atoms with Gasteiger partial charge in [0.2, 0.25) is 15.9 Å². The molecule has 5 rings (SSSR count). The first-order chi connectivity index (χ1) is 16.9. The van der Waals surface area contributed by atoms with Crippen LogP contribution in [0.1, 0.15) is 6.42 Å². The summed E-state index contributed by atoms with van der Waals surface area (Å²) in [6.07, 6.45) is 0.484. The number of pyridine rings is 1. The number of para-hydroxylation sites is 2. The van der Waals surface area contributed by atoms with Crippen molar-refractivity contribution in [3.05, 3.63) is 88.8 Å². The van der Waals surface area contributed by atoms with Gasteiger partial charge in [-0.25, -0.2) is 12.8 Å². The topological polar surface area (TPSA) is 79.7 Å². The largest absolute Gasteiger partial charge is 0.340 e. The third-order valence-electron chi connectivity index (χ3n) is 6.43. The van der Waals surface area contributed by atoms with Crippen LogP contribution in [0.15, 0.2) is 82.5 Å². The highest BCUT2D eigenvalue weighted by Crippen LogP contribution is 2.21. The number of amides is 1. The fourth-order valence-corrected chi connectivity index (χ4v) is 6.09. The SMILES string of the molecule is O=C(Cn1c2ccccc2c(=O)c2ccccc21)N1CCCN(S(=O)(=O)c2ccc(F)cc2)CC1. The monoisotopic (exact) mass is 493 g/mol. The van der Waals surface area contributed by atoms with E-state index in [0.717, 1.165) is 12.1 Å². The van der Waals surface area contributed by atoms with E-state index in [1.165, 1.54) is 16.4 Å². The molecule has 0 unspecified atom stereocenters. The van der Waals surface area contributed by atoms with E-state index in [4.69, 9.17) is 0 Å². The number of halogens is 1. The van der Waals surface area contributed by atoms with Gasteiger partial charge in [-0.3, -0.25) is 9.59 Å². The first-order valence-corrected chi connectivity index (χ1v) is 12.8. The first-order valence-electron chi connectivity index (χ1n) is 11.4. The first kappa shape index (κ1) is 23.2. The maximum atomic E-state index is 13.4. The predicted molar refractivity (Wildman–Crippen MR) is 132 cm³/mol. The van der Waals surface area contributed by atoms with Crippen LogP contribution < -0.4 is 5.43 Å². The summed E-state index contributed by atoms with van der Waals surface area (Å²) in [4.78, 5) is 28.0. The standard InChI is InChI=1S/C26H24FN3O4S/c27-19-10-12-20(13-11-19)35(33,34)29-15-5-14-28(16-17-29)25(31)18-30-23-8-3-1-6-21(23)26(32)22-7-2-4-9-24(22)30/h1-4,6-13H,5,14-18H2. The van der Waals surface area contributed by atoms with Gasteiger partial charge in [-0.05, 0) is 55.0 Å². The Balaban J connectivity index is 1.40. The highest BCUT2D eigenvalue weighted by atomic mass is 32.2. The van der Waals surface area contributed by atoms with Gasteiger partial charge in [0, 0.05) is 37.0 Å². The molecular weight excluding hydrogens is 469 g/mol. The summed E-state index contributed by atoms with van der Waals surface area (Å²) in [6, 6.07) is 19.2. The summed E-state index contributed by atoms with van der Waals surface area (Å²) in [6.45, 7) is 1.12. The molecular formula is C26H24FN3O4S. The zero-order valence-electron chi connectivity index (χ0n) is 18.9. The molecule has 0 bridgehead atoms. The van der Waals surface area contributed by atoms with Gasteiger partial charge in [0.25, 0.3) is 0 Å². The summed E-state index contributed by atoms with van der Waals surface area (Å²) < 4.78 is 42.5. The molecule has 9 heteroatoms. The fourth-order valence-electron chi connectivity index (χ4n) is 4.62. The van der Waals surface area contributed by atoms with Crippen molar-refractivity contribution in [2.75, 3.05) is 26.2 Å². The number of benzene rings is 3. The predicted octanol–water partition coefficient (Wildman–Crippen LogP) is 3.22. The van der Waals surface area contributed by atoms with Crippen molar-refractivity contribution >= 4 is 37.7 Å². The lowest BCUT2D eigenvalue weighted by molar-refractivity contribution is -0.131. The van der Waals surface area contributed by atoms with Crippen LogP contribution >= 0.6 is 0 Å². The minimum atomic E-state index is -3.78. The smallest absolute Gasteiger partial charge is 0.243 e. The van der Waals surface area contributed by atoms with Crippen molar-refractivity contribution in [3.63, 3.8) is 0 Å². The second-order valence-electron chi connectivity index (χ2n) is 8.54. The van der Waals surface area contributed by atoms with Crippen LogP contribution in [0.25, 0.3) is 21.8 Å². The molecule has 1 saturated heterocycles. The highest BCUT2D eigenvalue weighted by molar-refractivity contribution is 7.89. The van der Waals surface area contributed by atoms with E-state index >= 15 is 0 Å². The third-order valence-corrected chi connectivity index (χ3v) is 8.34. The number of nitrogens with zero attached hydrogens (tertiary/aromatic N) is 3. The Morgan fingerprint density at radius 3 is 2.03 bits per heavy atom. The molecule has 1 fully saturated rings. The van der Waals surface area contributed by atoms with Crippen LogP contribution in [0.2, 0.25) is 0 Å². The van der Waals surface area contributed by atoms with E-state index in [0.29, 0.717) is 34.8 Å². The molecule has 1 aliphatic heterocycles. The lowest BCUT2D eigenvalue weighted by atomic mass is 10.1. The Bertz CT molecular complexity index is 1520. The zero-order chi connectivity index (χ0) is 24.6. The maximum absolute atomic E-state index is 13.4. The molecule has 0 aliphatic carbocycles. The van der Waals surface area contributed by atoms with E-state index in [2.05, 4.69) is 0 Å². The maximum Gasteiger partial charge on any atom is 0.243 e. The molecule has 2 heterocycles. The molecule has 0 radical (unpaired) electrons. The van der Waals surface area contributed by atoms with Gasteiger partial charge in [0.05, 0.1) is 15.9 Å². The molecule has 0 saturated carbocycles. The summed E-state index contributed by atoms with van der Waals surface area (Å²) >= 11 is 0. The summed E-state index contributed by atoms with van der Waals surface area (Å²) in [5.41, 5.74) is 1.29. The Labute approximate surface area is 202 Å². The molecule has 0 spiro atoms. The number of hydrogen-bond acceptors (Lipinski definition) is 4. The van der Waals surface area contributed by atoms with Gasteiger partial charge in [-0.2, -0.15) is 4.31 Å². The summed E-state index contributed by atoms with van der Waals surface area (Å²) in [5, 5.41) is 1.10. The number of carbonyl (C=O) groups excluding carboxylic acids is 1. The number of hydrogen-bond donors (Lipinski definition) is 0. The average molecular weight is 494 g/mol. The van der Waals surface area contributed by atoms with Crippen LogP contribution in [0.5, 0.6) is 0 Å². The molecule has 7 nitrogen and oxygen atoms in total. The highest BCUT2D eigenvalue weighted by Gasteiger charge is 2.28. The van der Waals surface area contributed by atoms with E-state index in [9.17, 15) is 22.4 Å². The number of carbonyl (C=O) groups is 1. The molecule has 35 heavy (non-hydrogen) atoms. The summed E-state index contributed by atoms with van der Waals surface area (Å²) in [5.74, 6) is -0.649. The van der Waals surface area contributed by atoms with Crippen molar-refractivity contribution in [1.29, 1.82) is 0 Å². The van der Waals surface area contributed by atoms with Crippen molar-refractivity contribution in [3.8, 4) is 0 Å². The van der Waals surface area contributed by atoms with Crippen molar-refractivity contribution < 1.29 is 17.6 Å². The second kappa shape index (κ2) is 9.24. The number of fused-ring (bicyclic) bond motifs is 2. The van der Waals surface area contributed by atoms with E-state index in [1.54, 1.807) is 29.2 Å². The Morgan fingerprint density at radius 2 is 1.40 bits per heavy atom.